The molecule has 0 nitrogen and oxygen atoms in total. The molecule has 0 spiro atoms. The van der Waals surface area contributed by atoms with Crippen LogP contribution in [0, 0.1) is 11.6 Å². The first-order valence-corrected chi connectivity index (χ1v) is 7.40. The van der Waals surface area contributed by atoms with E-state index in [2.05, 4.69) is 0 Å². The van der Waals surface area contributed by atoms with Crippen LogP contribution in [-0.2, 0) is 0 Å². The van der Waals surface area contributed by atoms with Crippen molar-refractivity contribution in [2.45, 2.75) is 0 Å². The summed E-state index contributed by atoms with van der Waals surface area (Å²) in [5, 5.41) is 3.61. The summed E-state index contributed by atoms with van der Waals surface area (Å²) in [5.41, 5.74) is 0. The van der Waals surface area contributed by atoms with Gasteiger partial charge >= 0.3 is 0 Å². The maximum atomic E-state index is 14.3. The molecule has 0 fully saturated rings. The summed E-state index contributed by atoms with van der Waals surface area (Å²) in [6, 6.07) is 15.1. The van der Waals surface area contributed by atoms with Gasteiger partial charge in [0, 0.05) is 10.8 Å². The lowest BCUT2D eigenvalue weighted by molar-refractivity contribution is 0.593. The molecule has 4 rings (SSSR count). The van der Waals surface area contributed by atoms with E-state index in [1.165, 1.54) is 0 Å². The Balaban J connectivity index is 2.27. The van der Waals surface area contributed by atoms with E-state index >= 15 is 0 Å². The Kier molecular flexibility index (Phi) is 3.00. The van der Waals surface area contributed by atoms with Gasteiger partial charge in [-0.1, -0.05) is 59.6 Å². The molecule has 0 aliphatic heterocycles. The summed E-state index contributed by atoms with van der Waals surface area (Å²) < 4.78 is 28.2. The van der Waals surface area contributed by atoms with Crippen LogP contribution in [0.5, 0.6) is 0 Å². The molecule has 4 aromatic carbocycles. The molecular formula is C18H8Cl2F2. The zero-order chi connectivity index (χ0) is 15.4. The maximum Gasteiger partial charge on any atom is 0.164 e. The zero-order valence-corrected chi connectivity index (χ0v) is 12.6. The van der Waals surface area contributed by atoms with Crippen molar-refractivity contribution in [1.29, 1.82) is 0 Å². The Morgan fingerprint density at radius 1 is 0.591 bits per heavy atom. The third-order valence-electron chi connectivity index (χ3n) is 3.93. The molecule has 0 aliphatic rings. The Bertz CT molecular complexity index is 1070. The molecular weight excluding hydrogens is 325 g/mol. The van der Waals surface area contributed by atoms with E-state index in [1.54, 1.807) is 12.1 Å². The summed E-state index contributed by atoms with van der Waals surface area (Å²) in [4.78, 5) is 0. The van der Waals surface area contributed by atoms with Crippen molar-refractivity contribution in [3.63, 3.8) is 0 Å². The Morgan fingerprint density at radius 3 is 2.14 bits per heavy atom. The minimum Gasteiger partial charge on any atom is -0.205 e. The third-order valence-corrected chi connectivity index (χ3v) is 4.64. The average Bonchev–Trinajstić information content (AvgIpc) is 2.56. The topological polar surface area (TPSA) is 0 Å². The van der Waals surface area contributed by atoms with Gasteiger partial charge < -0.3 is 0 Å². The van der Waals surface area contributed by atoms with Gasteiger partial charge in [0.2, 0.25) is 0 Å². The van der Waals surface area contributed by atoms with Gasteiger partial charge in [0.05, 0.1) is 5.02 Å². The van der Waals surface area contributed by atoms with Gasteiger partial charge in [0.1, 0.15) is 5.02 Å². The second-order valence-electron chi connectivity index (χ2n) is 5.16. The van der Waals surface area contributed by atoms with Crippen molar-refractivity contribution in [2.75, 3.05) is 0 Å². The molecule has 0 unspecified atom stereocenters. The normalized spacial score (nSPS) is 11.6. The van der Waals surface area contributed by atoms with Crippen molar-refractivity contribution in [2.24, 2.45) is 0 Å². The van der Waals surface area contributed by atoms with Gasteiger partial charge in [-0.25, -0.2) is 8.78 Å². The van der Waals surface area contributed by atoms with Crippen LogP contribution in [0.4, 0.5) is 8.78 Å². The van der Waals surface area contributed by atoms with E-state index in [-0.39, 0.29) is 10.4 Å². The van der Waals surface area contributed by atoms with Crippen LogP contribution in [0.15, 0.2) is 48.5 Å². The molecule has 0 bridgehead atoms. The smallest absolute Gasteiger partial charge is 0.164 e. The van der Waals surface area contributed by atoms with Crippen molar-refractivity contribution in [1.82, 2.24) is 0 Å². The van der Waals surface area contributed by atoms with Crippen LogP contribution in [0.2, 0.25) is 10.0 Å². The largest absolute Gasteiger partial charge is 0.205 e. The zero-order valence-electron chi connectivity index (χ0n) is 11.1. The molecule has 0 saturated heterocycles. The lowest BCUT2D eigenvalue weighted by Crippen LogP contribution is -1.90. The van der Waals surface area contributed by atoms with E-state index in [4.69, 9.17) is 23.2 Å². The summed E-state index contributed by atoms with van der Waals surface area (Å²) in [6.45, 7) is 0. The minimum atomic E-state index is -0.923. The maximum absolute atomic E-state index is 14.3. The first-order valence-electron chi connectivity index (χ1n) is 6.65. The molecule has 108 valence electrons. The van der Waals surface area contributed by atoms with Crippen LogP contribution in [0.1, 0.15) is 0 Å². The van der Waals surface area contributed by atoms with Gasteiger partial charge in [0.15, 0.2) is 11.6 Å². The van der Waals surface area contributed by atoms with Gasteiger partial charge in [-0.2, -0.15) is 0 Å². The summed E-state index contributed by atoms with van der Waals surface area (Å²) in [7, 11) is 0. The van der Waals surface area contributed by atoms with Gasteiger partial charge in [-0.05, 0) is 33.7 Å². The predicted molar refractivity (Wildman–Crippen MR) is 88.9 cm³/mol. The molecule has 0 atom stereocenters. The standard InChI is InChI=1S/C18H8Cl2F2/c19-15-13-7-10-6-5-9-3-1-2-4-11(9)12(10)8-14(13)17(21)16(20)18(15)22/h1-8H. The van der Waals surface area contributed by atoms with Crippen molar-refractivity contribution >= 4 is 55.5 Å². The SMILES string of the molecule is Fc1c(Cl)c(F)c2cc3c(ccc4ccccc43)cc2c1Cl. The number of hydrogen-bond acceptors (Lipinski definition) is 0. The second kappa shape index (κ2) is 4.80. The lowest BCUT2D eigenvalue weighted by Gasteiger charge is -2.10. The molecule has 0 radical (unpaired) electrons. The molecule has 4 aromatic rings. The Morgan fingerprint density at radius 2 is 1.32 bits per heavy atom. The van der Waals surface area contributed by atoms with Crippen LogP contribution >= 0.6 is 23.2 Å². The minimum absolute atomic E-state index is 0.156. The molecule has 0 amide bonds. The summed E-state index contributed by atoms with van der Waals surface area (Å²) in [5.74, 6) is -1.71. The van der Waals surface area contributed by atoms with Crippen molar-refractivity contribution in [3.8, 4) is 0 Å². The highest BCUT2D eigenvalue weighted by molar-refractivity contribution is 6.39. The van der Waals surface area contributed by atoms with Crippen LogP contribution < -0.4 is 0 Å². The highest BCUT2D eigenvalue weighted by Gasteiger charge is 2.18. The summed E-state index contributed by atoms with van der Waals surface area (Å²) in [6.07, 6.45) is 0. The molecule has 0 aliphatic carbocycles. The Hall–Kier alpha value is -1.90. The van der Waals surface area contributed by atoms with E-state index in [0.29, 0.717) is 5.39 Å². The van der Waals surface area contributed by atoms with E-state index in [9.17, 15) is 8.78 Å². The van der Waals surface area contributed by atoms with E-state index in [0.717, 1.165) is 21.5 Å². The molecule has 0 N–H and O–H groups in total. The van der Waals surface area contributed by atoms with Gasteiger partial charge in [-0.15, -0.1) is 0 Å². The average molecular weight is 333 g/mol. The number of hydrogen-bond donors (Lipinski definition) is 0. The van der Waals surface area contributed by atoms with Crippen LogP contribution in [-0.4, -0.2) is 0 Å². The monoisotopic (exact) mass is 332 g/mol. The molecule has 22 heavy (non-hydrogen) atoms. The quantitative estimate of drug-likeness (QED) is 0.145. The van der Waals surface area contributed by atoms with Crippen LogP contribution in [0.25, 0.3) is 32.3 Å². The van der Waals surface area contributed by atoms with Gasteiger partial charge in [0.25, 0.3) is 0 Å². The van der Waals surface area contributed by atoms with Crippen molar-refractivity contribution in [3.05, 3.63) is 70.2 Å². The number of fused-ring (bicyclic) bond motifs is 4. The van der Waals surface area contributed by atoms with E-state index in [1.807, 2.05) is 36.4 Å². The fourth-order valence-electron chi connectivity index (χ4n) is 2.85. The lowest BCUT2D eigenvalue weighted by atomic mass is 9.98. The third kappa shape index (κ3) is 1.81. The second-order valence-corrected chi connectivity index (χ2v) is 5.92. The number of benzene rings is 4. The molecule has 4 heteroatoms. The first-order chi connectivity index (χ1) is 10.6. The first kappa shape index (κ1) is 13.7. The highest BCUT2D eigenvalue weighted by atomic mass is 35.5. The van der Waals surface area contributed by atoms with Gasteiger partial charge in [-0.3, -0.25) is 0 Å². The van der Waals surface area contributed by atoms with Crippen molar-refractivity contribution < 1.29 is 8.78 Å². The fraction of sp³-hybridized carbons (Fsp3) is 0. The molecule has 0 heterocycles. The Labute approximate surface area is 134 Å². The summed E-state index contributed by atoms with van der Waals surface area (Å²) >= 11 is 11.7. The predicted octanol–water partition coefficient (Wildman–Crippen LogP) is 6.73. The number of rotatable bonds is 0. The highest BCUT2D eigenvalue weighted by Crippen LogP contribution is 2.38. The number of halogens is 4. The molecule has 0 aromatic heterocycles. The fourth-order valence-corrected chi connectivity index (χ4v) is 3.34. The van der Waals surface area contributed by atoms with Crippen LogP contribution in [0.3, 0.4) is 0 Å². The van der Waals surface area contributed by atoms with E-state index < -0.39 is 16.7 Å². The molecule has 0 saturated carbocycles.